The van der Waals surface area contributed by atoms with E-state index < -0.39 is 0 Å². The molecule has 126 valence electrons. The molecular weight excluding hydrogens is 356 g/mol. The van der Waals surface area contributed by atoms with Crippen molar-refractivity contribution in [3.05, 3.63) is 63.0 Å². The molecule has 4 rings (SSSR count). The summed E-state index contributed by atoms with van der Waals surface area (Å²) >= 11 is 2.83. The van der Waals surface area contributed by atoms with E-state index in [0.29, 0.717) is 27.5 Å². The summed E-state index contributed by atoms with van der Waals surface area (Å²) in [7, 11) is 0. The quantitative estimate of drug-likeness (QED) is 0.510. The molecule has 3 heterocycles. The van der Waals surface area contributed by atoms with Crippen LogP contribution >= 0.6 is 23.1 Å². The molecule has 3 aromatic heterocycles. The molecule has 0 amide bonds. The van der Waals surface area contributed by atoms with Gasteiger partial charge in [-0.2, -0.15) is 0 Å². The lowest BCUT2D eigenvalue weighted by atomic mass is 10.1. The Kier molecular flexibility index (Phi) is 4.14. The normalized spacial score (nSPS) is 11.3. The first kappa shape index (κ1) is 16.0. The van der Waals surface area contributed by atoms with Crippen molar-refractivity contribution < 1.29 is 4.42 Å². The first-order valence-electron chi connectivity index (χ1n) is 7.61. The molecule has 0 aliphatic rings. The van der Waals surface area contributed by atoms with Crippen LogP contribution in [0.25, 0.3) is 16.4 Å². The highest BCUT2D eigenvalue weighted by Gasteiger charge is 2.12. The van der Waals surface area contributed by atoms with E-state index in [9.17, 15) is 4.79 Å². The molecule has 0 bridgehead atoms. The van der Waals surface area contributed by atoms with Gasteiger partial charge < -0.3 is 4.42 Å². The van der Waals surface area contributed by atoms with E-state index in [-0.39, 0.29) is 5.56 Å². The Bertz CT molecular complexity index is 1110. The van der Waals surface area contributed by atoms with Crippen LogP contribution in [0.2, 0.25) is 0 Å². The molecule has 0 saturated heterocycles. The Balaban J connectivity index is 1.54. The fourth-order valence-corrected chi connectivity index (χ4v) is 4.05. The number of benzene rings is 1. The van der Waals surface area contributed by atoms with Gasteiger partial charge in [-0.3, -0.25) is 9.20 Å². The van der Waals surface area contributed by atoms with Crippen molar-refractivity contribution in [3.8, 4) is 11.5 Å². The van der Waals surface area contributed by atoms with Gasteiger partial charge in [0.2, 0.25) is 5.89 Å². The van der Waals surface area contributed by atoms with Crippen LogP contribution in [-0.4, -0.2) is 19.6 Å². The van der Waals surface area contributed by atoms with Gasteiger partial charge in [0.05, 0.1) is 5.69 Å². The Morgan fingerprint density at radius 2 is 2.08 bits per heavy atom. The van der Waals surface area contributed by atoms with E-state index in [1.54, 1.807) is 10.5 Å². The average molecular weight is 370 g/mol. The number of hydrogen-bond donors (Lipinski definition) is 0. The van der Waals surface area contributed by atoms with Gasteiger partial charge in [0.15, 0.2) is 4.96 Å². The largest absolute Gasteiger partial charge is 0.411 e. The molecule has 6 nitrogen and oxygen atoms in total. The minimum absolute atomic E-state index is 0.0644. The highest BCUT2D eigenvalue weighted by Crippen LogP contribution is 2.27. The zero-order chi connectivity index (χ0) is 17.4. The number of fused-ring (bicyclic) bond motifs is 1. The van der Waals surface area contributed by atoms with Crippen molar-refractivity contribution in [1.29, 1.82) is 0 Å². The topological polar surface area (TPSA) is 73.3 Å². The van der Waals surface area contributed by atoms with E-state index in [0.717, 1.165) is 16.8 Å². The number of aromatic nitrogens is 4. The third-order valence-electron chi connectivity index (χ3n) is 3.75. The molecule has 0 aliphatic heterocycles. The number of hydrogen-bond acceptors (Lipinski definition) is 7. The molecule has 0 N–H and O–H groups in total. The lowest BCUT2D eigenvalue weighted by molar-refractivity contribution is 0.465. The second-order valence-electron chi connectivity index (χ2n) is 5.56. The molecule has 0 spiro atoms. The fourth-order valence-electron chi connectivity index (χ4n) is 2.50. The summed E-state index contributed by atoms with van der Waals surface area (Å²) in [6.45, 7) is 3.90. The minimum Gasteiger partial charge on any atom is -0.411 e. The van der Waals surface area contributed by atoms with Gasteiger partial charge in [0.25, 0.3) is 10.8 Å². The Labute approximate surface area is 151 Å². The third kappa shape index (κ3) is 3.10. The first-order chi connectivity index (χ1) is 12.1. The van der Waals surface area contributed by atoms with Crippen LogP contribution in [0.3, 0.4) is 0 Å². The number of thiazole rings is 1. The lowest BCUT2D eigenvalue weighted by Crippen LogP contribution is -2.14. The molecule has 0 unspecified atom stereocenters. The van der Waals surface area contributed by atoms with Crippen molar-refractivity contribution in [3.63, 3.8) is 0 Å². The maximum absolute atomic E-state index is 12.2. The van der Waals surface area contributed by atoms with Crippen LogP contribution < -0.4 is 5.56 Å². The molecule has 0 atom stereocenters. The molecule has 1 aromatic carbocycles. The number of thioether (sulfide) groups is 1. The summed E-state index contributed by atoms with van der Waals surface area (Å²) < 4.78 is 7.34. The molecular formula is C17H14N4O2S2. The van der Waals surface area contributed by atoms with E-state index in [1.165, 1.54) is 23.1 Å². The summed E-state index contributed by atoms with van der Waals surface area (Å²) in [6.07, 6.45) is 0. The van der Waals surface area contributed by atoms with E-state index in [2.05, 4.69) is 15.2 Å². The third-order valence-corrected chi connectivity index (χ3v) is 5.55. The maximum atomic E-state index is 12.2. The zero-order valence-corrected chi connectivity index (χ0v) is 15.2. The van der Waals surface area contributed by atoms with Crippen molar-refractivity contribution in [1.82, 2.24) is 19.6 Å². The van der Waals surface area contributed by atoms with Crippen LogP contribution in [0, 0.1) is 13.8 Å². The fraction of sp³-hybridized carbons (Fsp3) is 0.176. The zero-order valence-electron chi connectivity index (χ0n) is 13.6. The SMILES string of the molecule is Cc1ccccc1-c1nnc(SCc2cc(=O)n3c(C)csc3n2)o1. The summed E-state index contributed by atoms with van der Waals surface area (Å²) in [6, 6.07) is 9.42. The second-order valence-corrected chi connectivity index (χ2v) is 7.32. The van der Waals surface area contributed by atoms with Crippen molar-refractivity contribution in [2.75, 3.05) is 0 Å². The molecule has 4 aromatic rings. The molecule has 8 heteroatoms. The summed E-state index contributed by atoms with van der Waals surface area (Å²) in [4.78, 5) is 17.4. The van der Waals surface area contributed by atoms with Gasteiger partial charge >= 0.3 is 0 Å². The summed E-state index contributed by atoms with van der Waals surface area (Å²) in [5, 5.41) is 10.6. The van der Waals surface area contributed by atoms with E-state index >= 15 is 0 Å². The van der Waals surface area contributed by atoms with Gasteiger partial charge in [-0.15, -0.1) is 21.5 Å². The van der Waals surface area contributed by atoms with Crippen molar-refractivity contribution in [2.45, 2.75) is 24.8 Å². The smallest absolute Gasteiger partial charge is 0.277 e. The maximum Gasteiger partial charge on any atom is 0.277 e. The van der Waals surface area contributed by atoms with Gasteiger partial charge in [-0.1, -0.05) is 30.0 Å². The highest BCUT2D eigenvalue weighted by atomic mass is 32.2. The summed E-state index contributed by atoms with van der Waals surface area (Å²) in [5.74, 6) is 0.996. The molecule has 0 fully saturated rings. The van der Waals surface area contributed by atoms with Crippen LogP contribution in [0.1, 0.15) is 17.0 Å². The van der Waals surface area contributed by atoms with Crippen molar-refractivity contribution >= 4 is 28.1 Å². The van der Waals surface area contributed by atoms with Crippen LogP contribution in [0.15, 0.2) is 50.1 Å². The van der Waals surface area contributed by atoms with Crippen LogP contribution in [-0.2, 0) is 5.75 Å². The number of rotatable bonds is 4. The van der Waals surface area contributed by atoms with Crippen molar-refractivity contribution in [2.24, 2.45) is 0 Å². The Hall–Kier alpha value is -2.45. The average Bonchev–Trinajstić information content (AvgIpc) is 3.21. The second kappa shape index (κ2) is 6.45. The predicted molar refractivity (Wildman–Crippen MR) is 98.1 cm³/mol. The Morgan fingerprint density at radius 1 is 1.24 bits per heavy atom. The lowest BCUT2D eigenvalue weighted by Gasteiger charge is -2.00. The molecule has 0 aliphatic carbocycles. The molecule has 0 radical (unpaired) electrons. The standard InChI is InChI=1S/C17H14N4O2S2/c1-10-5-3-4-6-13(10)15-19-20-17(23-15)25-9-12-7-14(22)21-11(2)8-24-16(21)18-12/h3-8H,9H2,1-2H3. The van der Waals surface area contributed by atoms with Crippen LogP contribution in [0.4, 0.5) is 0 Å². The Morgan fingerprint density at radius 3 is 2.92 bits per heavy atom. The highest BCUT2D eigenvalue weighted by molar-refractivity contribution is 7.98. The number of aryl methyl sites for hydroxylation is 2. The minimum atomic E-state index is -0.0644. The van der Waals surface area contributed by atoms with E-state index in [4.69, 9.17) is 4.42 Å². The molecule has 0 saturated carbocycles. The monoisotopic (exact) mass is 370 g/mol. The molecule has 25 heavy (non-hydrogen) atoms. The van der Waals surface area contributed by atoms with Gasteiger partial charge in [-0.05, 0) is 25.5 Å². The van der Waals surface area contributed by atoms with Gasteiger partial charge in [-0.25, -0.2) is 4.98 Å². The summed E-state index contributed by atoms with van der Waals surface area (Å²) in [5.41, 5.74) is 3.54. The number of nitrogens with zero attached hydrogens (tertiary/aromatic N) is 4. The van der Waals surface area contributed by atoms with Gasteiger partial charge in [0.1, 0.15) is 0 Å². The van der Waals surface area contributed by atoms with Crippen LogP contribution in [0.5, 0.6) is 0 Å². The van der Waals surface area contributed by atoms with Gasteiger partial charge in [0, 0.05) is 28.5 Å². The first-order valence-corrected chi connectivity index (χ1v) is 9.47. The van der Waals surface area contributed by atoms with E-state index in [1.807, 2.05) is 43.5 Å². The predicted octanol–water partition coefficient (Wildman–Crippen LogP) is 3.72.